The van der Waals surface area contributed by atoms with Gasteiger partial charge in [0.25, 0.3) is 0 Å². The summed E-state index contributed by atoms with van der Waals surface area (Å²) in [4.78, 5) is 2.15. The second kappa shape index (κ2) is 5.89. The maximum Gasteiger partial charge on any atom is 0.122 e. The van der Waals surface area contributed by atoms with E-state index in [-0.39, 0.29) is 6.61 Å². The van der Waals surface area contributed by atoms with Gasteiger partial charge in [-0.25, -0.2) is 0 Å². The number of anilines is 1. The van der Waals surface area contributed by atoms with Crippen LogP contribution < -0.4 is 9.64 Å². The average molecular weight is 237 g/mol. The highest BCUT2D eigenvalue weighted by Crippen LogP contribution is 2.28. The predicted octanol–water partition coefficient (Wildman–Crippen LogP) is 1.07. The van der Waals surface area contributed by atoms with Gasteiger partial charge in [-0.2, -0.15) is 0 Å². The molecule has 1 heterocycles. The molecule has 0 aliphatic carbocycles. The van der Waals surface area contributed by atoms with E-state index in [9.17, 15) is 0 Å². The molecule has 1 N–H and O–H groups in total. The van der Waals surface area contributed by atoms with Crippen molar-refractivity contribution in [2.75, 3.05) is 44.9 Å². The molecule has 0 fully saturated rings. The standard InChI is InChI=1S/C13H19NO3/c1-14(5-8-16-9-6-15)12-2-3-13-11(10-12)4-7-17-13/h2-3,10,15H,4-9H2,1H3. The van der Waals surface area contributed by atoms with Crippen LogP contribution in [-0.4, -0.2) is 45.1 Å². The Morgan fingerprint density at radius 2 is 2.29 bits per heavy atom. The Hall–Kier alpha value is -1.26. The summed E-state index contributed by atoms with van der Waals surface area (Å²) in [5.74, 6) is 1.01. The average Bonchev–Trinajstić information content (AvgIpc) is 2.81. The lowest BCUT2D eigenvalue weighted by molar-refractivity contribution is 0.0971. The SMILES string of the molecule is CN(CCOCCO)c1ccc2c(c1)CCO2. The largest absolute Gasteiger partial charge is 0.493 e. The number of nitrogens with zero attached hydrogens (tertiary/aromatic N) is 1. The molecule has 94 valence electrons. The fourth-order valence-corrected chi connectivity index (χ4v) is 1.91. The molecule has 1 aliphatic rings. The molecule has 2 rings (SSSR count). The van der Waals surface area contributed by atoms with Gasteiger partial charge in [0.1, 0.15) is 5.75 Å². The Labute approximate surface area is 102 Å². The second-order valence-corrected chi connectivity index (χ2v) is 4.15. The van der Waals surface area contributed by atoms with Gasteiger partial charge in [-0.05, 0) is 23.8 Å². The third kappa shape index (κ3) is 3.11. The summed E-state index contributed by atoms with van der Waals surface area (Å²) in [6.07, 6.45) is 0.998. The van der Waals surface area contributed by atoms with Crippen molar-refractivity contribution in [3.8, 4) is 5.75 Å². The summed E-state index contributed by atoms with van der Waals surface area (Å²) in [7, 11) is 2.04. The van der Waals surface area contributed by atoms with E-state index in [0.29, 0.717) is 13.2 Å². The summed E-state index contributed by atoms with van der Waals surface area (Å²) in [6, 6.07) is 6.27. The quantitative estimate of drug-likeness (QED) is 0.751. The van der Waals surface area contributed by atoms with Crippen LogP contribution in [0.15, 0.2) is 18.2 Å². The van der Waals surface area contributed by atoms with E-state index < -0.39 is 0 Å². The van der Waals surface area contributed by atoms with Crippen molar-refractivity contribution in [2.45, 2.75) is 6.42 Å². The number of benzene rings is 1. The summed E-state index contributed by atoms with van der Waals surface area (Å²) >= 11 is 0. The van der Waals surface area contributed by atoms with E-state index in [1.165, 1.54) is 11.3 Å². The van der Waals surface area contributed by atoms with Gasteiger partial charge in [-0.15, -0.1) is 0 Å². The second-order valence-electron chi connectivity index (χ2n) is 4.15. The Morgan fingerprint density at radius 1 is 1.41 bits per heavy atom. The van der Waals surface area contributed by atoms with Crippen molar-refractivity contribution < 1.29 is 14.6 Å². The van der Waals surface area contributed by atoms with E-state index in [1.807, 2.05) is 13.1 Å². The molecule has 0 radical (unpaired) electrons. The van der Waals surface area contributed by atoms with Crippen LogP contribution in [0.1, 0.15) is 5.56 Å². The molecule has 0 aromatic heterocycles. The number of hydrogen-bond acceptors (Lipinski definition) is 4. The number of aliphatic hydroxyl groups excluding tert-OH is 1. The molecule has 0 atom stereocenters. The molecule has 0 unspecified atom stereocenters. The number of rotatable bonds is 6. The zero-order chi connectivity index (χ0) is 12.1. The predicted molar refractivity (Wildman–Crippen MR) is 66.8 cm³/mol. The minimum absolute atomic E-state index is 0.0832. The van der Waals surface area contributed by atoms with Gasteiger partial charge in [0.2, 0.25) is 0 Å². The lowest BCUT2D eigenvalue weighted by Gasteiger charge is -2.19. The summed E-state index contributed by atoms with van der Waals surface area (Å²) in [5, 5.41) is 8.60. The van der Waals surface area contributed by atoms with Crippen LogP contribution in [0, 0.1) is 0 Å². The minimum atomic E-state index is 0.0832. The summed E-state index contributed by atoms with van der Waals surface area (Å²) < 4.78 is 10.7. The Balaban J connectivity index is 1.88. The molecule has 0 saturated heterocycles. The van der Waals surface area contributed by atoms with Crippen LogP contribution in [0.3, 0.4) is 0 Å². The zero-order valence-corrected chi connectivity index (χ0v) is 10.2. The fraction of sp³-hybridized carbons (Fsp3) is 0.538. The maximum absolute atomic E-state index is 8.60. The fourth-order valence-electron chi connectivity index (χ4n) is 1.91. The molecule has 0 saturated carbocycles. The molecule has 1 aromatic rings. The molecule has 1 aromatic carbocycles. The van der Waals surface area contributed by atoms with Gasteiger partial charge >= 0.3 is 0 Å². The summed E-state index contributed by atoms with van der Waals surface area (Å²) in [6.45, 7) is 2.73. The van der Waals surface area contributed by atoms with Crippen molar-refractivity contribution in [2.24, 2.45) is 0 Å². The van der Waals surface area contributed by atoms with Crippen LogP contribution in [0.5, 0.6) is 5.75 Å². The first kappa shape index (κ1) is 12.2. The lowest BCUT2D eigenvalue weighted by Crippen LogP contribution is -2.23. The molecule has 0 spiro atoms. The molecular formula is C13H19NO3. The highest BCUT2D eigenvalue weighted by molar-refractivity contribution is 5.53. The highest BCUT2D eigenvalue weighted by atomic mass is 16.5. The van der Waals surface area contributed by atoms with Crippen molar-refractivity contribution in [3.05, 3.63) is 23.8 Å². The molecule has 4 nitrogen and oxygen atoms in total. The van der Waals surface area contributed by atoms with E-state index in [1.54, 1.807) is 0 Å². The van der Waals surface area contributed by atoms with Crippen molar-refractivity contribution in [3.63, 3.8) is 0 Å². The van der Waals surface area contributed by atoms with Gasteiger partial charge in [0.15, 0.2) is 0 Å². The normalized spacial score (nSPS) is 13.3. The van der Waals surface area contributed by atoms with Gasteiger partial charge in [-0.3, -0.25) is 0 Å². The Bertz CT molecular complexity index is 368. The summed E-state index contributed by atoms with van der Waals surface area (Å²) in [5.41, 5.74) is 2.47. The van der Waals surface area contributed by atoms with Gasteiger partial charge in [0.05, 0.1) is 26.4 Å². The lowest BCUT2D eigenvalue weighted by atomic mass is 10.1. The van der Waals surface area contributed by atoms with Crippen molar-refractivity contribution in [1.82, 2.24) is 0 Å². The topological polar surface area (TPSA) is 41.9 Å². The minimum Gasteiger partial charge on any atom is -0.493 e. The number of aliphatic hydroxyl groups is 1. The first-order valence-electron chi connectivity index (χ1n) is 5.97. The van der Waals surface area contributed by atoms with Crippen LogP contribution in [0.4, 0.5) is 5.69 Å². The van der Waals surface area contributed by atoms with E-state index in [2.05, 4.69) is 17.0 Å². The number of likely N-dealkylation sites (N-methyl/N-ethyl adjacent to an activating group) is 1. The first-order chi connectivity index (χ1) is 8.31. The third-order valence-corrected chi connectivity index (χ3v) is 2.92. The van der Waals surface area contributed by atoms with Crippen LogP contribution >= 0.6 is 0 Å². The molecular weight excluding hydrogens is 218 g/mol. The maximum atomic E-state index is 8.60. The number of fused-ring (bicyclic) bond motifs is 1. The third-order valence-electron chi connectivity index (χ3n) is 2.92. The smallest absolute Gasteiger partial charge is 0.122 e. The zero-order valence-electron chi connectivity index (χ0n) is 10.2. The van der Waals surface area contributed by atoms with Gasteiger partial charge in [-0.1, -0.05) is 0 Å². The first-order valence-corrected chi connectivity index (χ1v) is 5.97. The van der Waals surface area contributed by atoms with E-state index >= 15 is 0 Å². The molecule has 0 bridgehead atoms. The number of hydrogen-bond donors (Lipinski definition) is 1. The van der Waals surface area contributed by atoms with Crippen molar-refractivity contribution in [1.29, 1.82) is 0 Å². The number of ether oxygens (including phenoxy) is 2. The highest BCUT2D eigenvalue weighted by Gasteiger charge is 2.13. The van der Waals surface area contributed by atoms with Crippen molar-refractivity contribution >= 4 is 5.69 Å². The monoisotopic (exact) mass is 237 g/mol. The van der Waals surface area contributed by atoms with Crippen LogP contribution in [0.25, 0.3) is 0 Å². The molecule has 17 heavy (non-hydrogen) atoms. The van der Waals surface area contributed by atoms with E-state index in [4.69, 9.17) is 14.6 Å². The molecule has 0 amide bonds. The molecule has 1 aliphatic heterocycles. The van der Waals surface area contributed by atoms with E-state index in [0.717, 1.165) is 25.3 Å². The molecule has 4 heteroatoms. The van der Waals surface area contributed by atoms with Gasteiger partial charge in [0, 0.05) is 25.7 Å². The Kier molecular flexibility index (Phi) is 4.23. The Morgan fingerprint density at radius 3 is 3.12 bits per heavy atom. The van der Waals surface area contributed by atoms with Crippen LogP contribution in [0.2, 0.25) is 0 Å². The van der Waals surface area contributed by atoms with Crippen LogP contribution in [-0.2, 0) is 11.2 Å². The van der Waals surface area contributed by atoms with Gasteiger partial charge < -0.3 is 19.5 Å².